The zero-order valence-electron chi connectivity index (χ0n) is 19.6. The van der Waals surface area contributed by atoms with Crippen LogP contribution < -0.4 is 18.9 Å². The van der Waals surface area contributed by atoms with Crippen molar-refractivity contribution in [3.63, 3.8) is 0 Å². The van der Waals surface area contributed by atoms with Crippen LogP contribution in [0.3, 0.4) is 0 Å². The second kappa shape index (κ2) is 10.7. The van der Waals surface area contributed by atoms with Gasteiger partial charge in [-0.05, 0) is 53.9 Å². The summed E-state index contributed by atoms with van der Waals surface area (Å²) in [7, 11) is 4.88. The van der Waals surface area contributed by atoms with Crippen molar-refractivity contribution in [2.75, 3.05) is 34.5 Å². The number of rotatable bonds is 7. The van der Waals surface area contributed by atoms with Crippen molar-refractivity contribution in [1.82, 2.24) is 4.90 Å². The Hall–Kier alpha value is -3.38. The summed E-state index contributed by atoms with van der Waals surface area (Å²) in [5, 5.41) is 0.606. The molecule has 7 heteroatoms. The molecule has 1 aliphatic rings. The van der Waals surface area contributed by atoms with Gasteiger partial charge < -0.3 is 23.8 Å². The maximum atomic E-state index is 13.1. The number of hydrogen-bond acceptors (Lipinski definition) is 5. The number of carbonyl (C=O) groups is 1. The maximum Gasteiger partial charge on any atom is 0.223 e. The Kier molecular flexibility index (Phi) is 7.48. The van der Waals surface area contributed by atoms with E-state index in [-0.39, 0.29) is 5.91 Å². The average molecular weight is 482 g/mol. The monoisotopic (exact) mass is 481 g/mol. The first-order valence-corrected chi connectivity index (χ1v) is 11.5. The van der Waals surface area contributed by atoms with Crippen LogP contribution in [-0.4, -0.2) is 45.3 Å². The van der Waals surface area contributed by atoms with E-state index in [1.807, 2.05) is 53.4 Å². The van der Waals surface area contributed by atoms with E-state index in [1.54, 1.807) is 27.4 Å². The Morgan fingerprint density at radius 1 is 0.971 bits per heavy atom. The predicted molar refractivity (Wildman–Crippen MR) is 132 cm³/mol. The third kappa shape index (κ3) is 5.07. The molecule has 178 valence electrons. The molecule has 3 aromatic carbocycles. The van der Waals surface area contributed by atoms with Crippen LogP contribution in [0.25, 0.3) is 11.1 Å². The van der Waals surface area contributed by atoms with E-state index in [0.717, 1.165) is 28.0 Å². The van der Waals surface area contributed by atoms with Gasteiger partial charge in [-0.3, -0.25) is 4.79 Å². The minimum atomic E-state index is 0.0621. The Balaban J connectivity index is 1.60. The minimum Gasteiger partial charge on any atom is -0.496 e. The summed E-state index contributed by atoms with van der Waals surface area (Å²) in [6.07, 6.45) is 0.991. The van der Waals surface area contributed by atoms with Gasteiger partial charge in [-0.2, -0.15) is 0 Å². The molecule has 0 aliphatic carbocycles. The van der Waals surface area contributed by atoms with Crippen LogP contribution in [0, 0.1) is 0 Å². The van der Waals surface area contributed by atoms with E-state index in [0.29, 0.717) is 54.8 Å². The first-order valence-electron chi connectivity index (χ1n) is 11.1. The highest BCUT2D eigenvalue weighted by molar-refractivity contribution is 6.31. The number of benzene rings is 3. The topological polar surface area (TPSA) is 57.2 Å². The zero-order valence-corrected chi connectivity index (χ0v) is 20.4. The fourth-order valence-electron chi connectivity index (χ4n) is 4.22. The third-order valence-electron chi connectivity index (χ3n) is 5.95. The number of fused-ring (bicyclic) bond motifs is 1. The van der Waals surface area contributed by atoms with E-state index in [4.69, 9.17) is 30.5 Å². The first kappa shape index (κ1) is 23.8. The molecule has 0 saturated heterocycles. The molecule has 1 amide bonds. The van der Waals surface area contributed by atoms with Crippen LogP contribution in [0.5, 0.6) is 23.0 Å². The first-order chi connectivity index (χ1) is 16.5. The molecule has 1 heterocycles. The fraction of sp³-hybridized carbons (Fsp3) is 0.296. The molecule has 0 bridgehead atoms. The van der Waals surface area contributed by atoms with Crippen LogP contribution in [0.1, 0.15) is 17.5 Å². The van der Waals surface area contributed by atoms with Crippen LogP contribution >= 0.6 is 11.6 Å². The Bertz CT molecular complexity index is 1180. The summed E-state index contributed by atoms with van der Waals surface area (Å²) in [5.74, 6) is 2.83. The van der Waals surface area contributed by atoms with Crippen molar-refractivity contribution < 1.29 is 23.7 Å². The van der Waals surface area contributed by atoms with Crippen LogP contribution in [0.2, 0.25) is 5.02 Å². The lowest BCUT2D eigenvalue weighted by molar-refractivity contribution is -0.131. The molecule has 0 atom stereocenters. The number of carbonyl (C=O) groups excluding carboxylic acids is 1. The van der Waals surface area contributed by atoms with Crippen LogP contribution in [0.15, 0.2) is 54.6 Å². The van der Waals surface area contributed by atoms with Crippen molar-refractivity contribution >= 4 is 17.5 Å². The second-order valence-electron chi connectivity index (χ2n) is 7.99. The Morgan fingerprint density at radius 2 is 1.74 bits per heavy atom. The quantitative estimate of drug-likeness (QED) is 0.453. The Labute approximate surface area is 205 Å². The van der Waals surface area contributed by atoms with E-state index < -0.39 is 0 Å². The number of aryl methyl sites for hydroxylation is 1. The van der Waals surface area contributed by atoms with E-state index in [9.17, 15) is 4.79 Å². The molecule has 0 saturated carbocycles. The molecule has 0 spiro atoms. The van der Waals surface area contributed by atoms with Gasteiger partial charge in [-0.15, -0.1) is 0 Å². The summed E-state index contributed by atoms with van der Waals surface area (Å²) >= 11 is 6.27. The molecule has 0 aromatic heterocycles. The number of hydrogen-bond donors (Lipinski definition) is 0. The normalized spacial score (nSPS) is 12.9. The number of amides is 1. The zero-order chi connectivity index (χ0) is 24.1. The molecule has 0 fully saturated rings. The standard InChI is InChI=1S/C27H28ClNO5/c1-31-23-7-5-4-6-18(23)8-11-26(30)29-12-13-34-27-20(17-29)14-19(15-25(27)33-3)22-16-21(28)9-10-24(22)32-2/h4-7,9-10,14-16H,8,11-13,17H2,1-3H3. The number of methoxy groups -OCH3 is 3. The van der Waals surface area contributed by atoms with E-state index >= 15 is 0 Å². The van der Waals surface area contributed by atoms with Gasteiger partial charge in [0.15, 0.2) is 11.5 Å². The van der Waals surface area contributed by atoms with Crippen molar-refractivity contribution in [1.29, 1.82) is 0 Å². The molecule has 1 aliphatic heterocycles. The molecule has 0 unspecified atom stereocenters. The van der Waals surface area contributed by atoms with Gasteiger partial charge in [0.2, 0.25) is 5.91 Å². The SMILES string of the molecule is COc1ccccc1CCC(=O)N1CCOc2c(cc(-c3cc(Cl)ccc3OC)cc2OC)C1. The number of para-hydroxylation sites is 1. The molecule has 3 aromatic rings. The lowest BCUT2D eigenvalue weighted by Gasteiger charge is -2.21. The van der Waals surface area contributed by atoms with Crippen molar-refractivity contribution in [2.45, 2.75) is 19.4 Å². The van der Waals surface area contributed by atoms with Crippen molar-refractivity contribution in [3.05, 3.63) is 70.7 Å². The largest absolute Gasteiger partial charge is 0.496 e. The van der Waals surface area contributed by atoms with Gasteiger partial charge >= 0.3 is 0 Å². The predicted octanol–water partition coefficient (Wildman–Crippen LogP) is 5.39. The Morgan fingerprint density at radius 3 is 2.50 bits per heavy atom. The number of halogens is 1. The highest BCUT2D eigenvalue weighted by atomic mass is 35.5. The number of nitrogens with zero attached hydrogens (tertiary/aromatic N) is 1. The van der Waals surface area contributed by atoms with Crippen molar-refractivity contribution in [3.8, 4) is 34.1 Å². The van der Waals surface area contributed by atoms with Crippen molar-refractivity contribution in [2.24, 2.45) is 0 Å². The summed E-state index contributed by atoms with van der Waals surface area (Å²) < 4.78 is 22.6. The lowest BCUT2D eigenvalue weighted by Crippen LogP contribution is -2.32. The molecule has 0 N–H and O–H groups in total. The van der Waals surface area contributed by atoms with E-state index in [1.165, 1.54) is 0 Å². The highest BCUT2D eigenvalue weighted by Gasteiger charge is 2.24. The molecular formula is C27H28ClNO5. The third-order valence-corrected chi connectivity index (χ3v) is 6.18. The summed E-state index contributed by atoms with van der Waals surface area (Å²) in [6.45, 7) is 1.31. The van der Waals surface area contributed by atoms with Crippen LogP contribution in [0.4, 0.5) is 0 Å². The lowest BCUT2D eigenvalue weighted by atomic mass is 10.00. The van der Waals surface area contributed by atoms with Gasteiger partial charge in [0.25, 0.3) is 0 Å². The fourth-order valence-corrected chi connectivity index (χ4v) is 4.39. The van der Waals surface area contributed by atoms with Gasteiger partial charge in [0.05, 0.1) is 27.9 Å². The number of ether oxygens (including phenoxy) is 4. The van der Waals surface area contributed by atoms with Gasteiger partial charge in [-0.25, -0.2) is 0 Å². The molecule has 4 rings (SSSR count). The van der Waals surface area contributed by atoms with Gasteiger partial charge in [0.1, 0.15) is 18.1 Å². The van der Waals surface area contributed by atoms with Crippen LogP contribution in [-0.2, 0) is 17.8 Å². The van der Waals surface area contributed by atoms with Gasteiger partial charge in [0, 0.05) is 29.1 Å². The second-order valence-corrected chi connectivity index (χ2v) is 8.42. The average Bonchev–Trinajstić information content (AvgIpc) is 3.09. The molecule has 6 nitrogen and oxygen atoms in total. The summed E-state index contributed by atoms with van der Waals surface area (Å²) in [6, 6.07) is 17.2. The summed E-state index contributed by atoms with van der Waals surface area (Å²) in [4.78, 5) is 15.0. The van der Waals surface area contributed by atoms with E-state index in [2.05, 4.69) is 0 Å². The minimum absolute atomic E-state index is 0.0621. The van der Waals surface area contributed by atoms with Gasteiger partial charge in [-0.1, -0.05) is 29.8 Å². The molecule has 0 radical (unpaired) electrons. The maximum absolute atomic E-state index is 13.1. The highest BCUT2D eigenvalue weighted by Crippen LogP contribution is 2.41. The summed E-state index contributed by atoms with van der Waals surface area (Å²) in [5.41, 5.74) is 3.61. The molecule has 34 heavy (non-hydrogen) atoms. The smallest absolute Gasteiger partial charge is 0.223 e. The molecular weight excluding hydrogens is 454 g/mol.